The number of fused-ring (bicyclic) bond motifs is 1. The standard InChI is InChI=1S/C32H35N3O5/c1-22-29(36)25-20-24(38-2)21-26(31(25)40-30(22)23-10-5-4-6-11-23)32(37)33-14-9-15-34-16-18-35(19-17-34)27-12-7-8-13-28(27)39-3/h4-8,10-13,20-21H,9,14-19H2,1-3H3,(H,33,37). The van der Waals surface area contributed by atoms with Gasteiger partial charge in [-0.05, 0) is 44.2 Å². The van der Waals surface area contributed by atoms with Crippen LogP contribution in [0.3, 0.4) is 0 Å². The van der Waals surface area contributed by atoms with Gasteiger partial charge in [0.05, 0.1) is 30.9 Å². The van der Waals surface area contributed by atoms with Crippen molar-refractivity contribution in [3.8, 4) is 22.8 Å². The predicted molar refractivity (Wildman–Crippen MR) is 158 cm³/mol. The number of carbonyl (C=O) groups excluding carboxylic acids is 1. The SMILES string of the molecule is COc1cc(C(=O)NCCCN2CCN(c3ccccc3OC)CC2)c2oc(-c3ccccc3)c(C)c(=O)c2c1. The van der Waals surface area contributed by atoms with Crippen molar-refractivity contribution < 1.29 is 18.7 Å². The van der Waals surface area contributed by atoms with Crippen molar-refractivity contribution in [2.75, 3.05) is 58.4 Å². The Hall–Kier alpha value is -4.30. The number of hydrogen-bond acceptors (Lipinski definition) is 7. The predicted octanol–water partition coefficient (Wildman–Crippen LogP) is 4.73. The lowest BCUT2D eigenvalue weighted by atomic mass is 10.0. The molecule has 2 heterocycles. The van der Waals surface area contributed by atoms with Crippen molar-refractivity contribution in [1.29, 1.82) is 0 Å². The van der Waals surface area contributed by atoms with Crippen LogP contribution in [-0.2, 0) is 0 Å². The summed E-state index contributed by atoms with van der Waals surface area (Å²) in [6.45, 7) is 6.86. The third-order valence-electron chi connectivity index (χ3n) is 7.44. The second-order valence-electron chi connectivity index (χ2n) is 9.91. The van der Waals surface area contributed by atoms with Gasteiger partial charge in [0, 0.05) is 43.9 Å². The van der Waals surface area contributed by atoms with Gasteiger partial charge in [-0.3, -0.25) is 14.5 Å². The van der Waals surface area contributed by atoms with E-state index in [-0.39, 0.29) is 22.5 Å². The molecule has 1 amide bonds. The normalized spacial score (nSPS) is 13.8. The summed E-state index contributed by atoms with van der Waals surface area (Å²) >= 11 is 0. The Labute approximate surface area is 234 Å². The van der Waals surface area contributed by atoms with Crippen LogP contribution in [0.1, 0.15) is 22.3 Å². The van der Waals surface area contributed by atoms with E-state index in [4.69, 9.17) is 13.9 Å². The first-order valence-electron chi connectivity index (χ1n) is 13.6. The van der Waals surface area contributed by atoms with E-state index in [0.29, 0.717) is 29.0 Å². The molecule has 8 heteroatoms. The minimum Gasteiger partial charge on any atom is -0.497 e. The molecule has 3 aromatic carbocycles. The van der Waals surface area contributed by atoms with Crippen molar-refractivity contribution in [2.45, 2.75) is 13.3 Å². The first kappa shape index (κ1) is 27.3. The summed E-state index contributed by atoms with van der Waals surface area (Å²) in [7, 11) is 3.22. The molecule has 208 valence electrons. The molecule has 1 fully saturated rings. The van der Waals surface area contributed by atoms with Crippen molar-refractivity contribution in [3.05, 3.63) is 88.1 Å². The van der Waals surface area contributed by atoms with Crippen LogP contribution in [0.5, 0.6) is 11.5 Å². The van der Waals surface area contributed by atoms with Crippen LogP contribution in [0.4, 0.5) is 5.69 Å². The molecule has 0 saturated carbocycles. The zero-order valence-corrected chi connectivity index (χ0v) is 23.2. The molecule has 1 aliphatic heterocycles. The van der Waals surface area contributed by atoms with Crippen LogP contribution in [0.25, 0.3) is 22.3 Å². The largest absolute Gasteiger partial charge is 0.497 e. The summed E-state index contributed by atoms with van der Waals surface area (Å²) in [6.07, 6.45) is 0.806. The molecule has 0 spiro atoms. The Morgan fingerprint density at radius 2 is 1.68 bits per heavy atom. The van der Waals surface area contributed by atoms with Gasteiger partial charge < -0.3 is 24.1 Å². The summed E-state index contributed by atoms with van der Waals surface area (Å²) in [5, 5.41) is 3.34. The third kappa shape index (κ3) is 5.67. The van der Waals surface area contributed by atoms with E-state index in [9.17, 15) is 9.59 Å². The average Bonchev–Trinajstić information content (AvgIpc) is 3.01. The van der Waals surface area contributed by atoms with E-state index >= 15 is 0 Å². The maximum Gasteiger partial charge on any atom is 0.255 e. The summed E-state index contributed by atoms with van der Waals surface area (Å²) < 4.78 is 17.2. The van der Waals surface area contributed by atoms with Crippen molar-refractivity contribution in [1.82, 2.24) is 10.2 Å². The van der Waals surface area contributed by atoms with Crippen LogP contribution >= 0.6 is 0 Å². The average molecular weight is 542 g/mol. The molecule has 1 saturated heterocycles. The minimum atomic E-state index is -0.295. The molecule has 8 nitrogen and oxygen atoms in total. The maximum atomic E-state index is 13.3. The Morgan fingerprint density at radius 3 is 2.40 bits per heavy atom. The highest BCUT2D eigenvalue weighted by Gasteiger charge is 2.21. The smallest absolute Gasteiger partial charge is 0.255 e. The Morgan fingerprint density at radius 1 is 0.950 bits per heavy atom. The highest BCUT2D eigenvalue weighted by atomic mass is 16.5. The van der Waals surface area contributed by atoms with Crippen LogP contribution < -0.4 is 25.1 Å². The fourth-order valence-electron chi connectivity index (χ4n) is 5.22. The number of para-hydroxylation sites is 2. The molecule has 1 N–H and O–H groups in total. The van der Waals surface area contributed by atoms with Crippen LogP contribution in [0.2, 0.25) is 0 Å². The number of methoxy groups -OCH3 is 2. The second-order valence-corrected chi connectivity index (χ2v) is 9.91. The number of nitrogens with zero attached hydrogens (tertiary/aromatic N) is 2. The number of carbonyl (C=O) groups is 1. The Kier molecular flexibility index (Phi) is 8.36. The summed E-state index contributed by atoms with van der Waals surface area (Å²) in [4.78, 5) is 31.4. The molecule has 1 aliphatic rings. The highest BCUT2D eigenvalue weighted by molar-refractivity contribution is 6.05. The molecule has 0 aliphatic carbocycles. The monoisotopic (exact) mass is 541 g/mol. The van der Waals surface area contributed by atoms with Crippen LogP contribution in [-0.4, -0.2) is 64.3 Å². The lowest BCUT2D eigenvalue weighted by molar-refractivity contribution is 0.0951. The van der Waals surface area contributed by atoms with Crippen LogP contribution in [0, 0.1) is 6.92 Å². The van der Waals surface area contributed by atoms with Gasteiger partial charge in [-0.25, -0.2) is 0 Å². The van der Waals surface area contributed by atoms with Crippen molar-refractivity contribution >= 4 is 22.6 Å². The lowest BCUT2D eigenvalue weighted by Crippen LogP contribution is -2.47. The highest BCUT2D eigenvalue weighted by Crippen LogP contribution is 2.30. The minimum absolute atomic E-state index is 0.180. The van der Waals surface area contributed by atoms with Gasteiger partial charge in [0.15, 0.2) is 11.0 Å². The first-order valence-corrected chi connectivity index (χ1v) is 13.6. The topological polar surface area (TPSA) is 84.2 Å². The molecular formula is C32H35N3O5. The maximum absolute atomic E-state index is 13.3. The van der Waals surface area contributed by atoms with E-state index in [1.54, 1.807) is 26.2 Å². The molecule has 0 bridgehead atoms. The van der Waals surface area contributed by atoms with Gasteiger partial charge in [0.2, 0.25) is 0 Å². The zero-order valence-electron chi connectivity index (χ0n) is 23.2. The van der Waals surface area contributed by atoms with Gasteiger partial charge in [-0.1, -0.05) is 42.5 Å². The summed E-state index contributed by atoms with van der Waals surface area (Å²) in [5.74, 6) is 1.50. The van der Waals surface area contributed by atoms with Crippen molar-refractivity contribution in [2.24, 2.45) is 0 Å². The van der Waals surface area contributed by atoms with Gasteiger partial charge in [0.25, 0.3) is 5.91 Å². The van der Waals surface area contributed by atoms with Crippen molar-refractivity contribution in [3.63, 3.8) is 0 Å². The van der Waals surface area contributed by atoms with E-state index < -0.39 is 0 Å². The van der Waals surface area contributed by atoms with E-state index in [2.05, 4.69) is 21.2 Å². The first-order chi connectivity index (χ1) is 19.5. The second kappa shape index (κ2) is 12.3. The molecular weight excluding hydrogens is 506 g/mol. The number of amides is 1. The molecule has 0 unspecified atom stereocenters. The molecule has 1 aromatic heterocycles. The number of nitrogens with one attached hydrogen (secondary N) is 1. The van der Waals surface area contributed by atoms with E-state index in [0.717, 1.165) is 56.1 Å². The number of rotatable bonds is 9. The molecule has 0 atom stereocenters. The lowest BCUT2D eigenvalue weighted by Gasteiger charge is -2.36. The van der Waals surface area contributed by atoms with Gasteiger partial charge >= 0.3 is 0 Å². The fraction of sp³-hybridized carbons (Fsp3) is 0.312. The Balaban J connectivity index is 1.24. The quantitative estimate of drug-likeness (QED) is 0.307. The number of benzene rings is 3. The molecule has 0 radical (unpaired) electrons. The zero-order chi connectivity index (χ0) is 28.1. The Bertz CT molecular complexity index is 1540. The number of piperazine rings is 1. The van der Waals surface area contributed by atoms with Gasteiger partial charge in [-0.15, -0.1) is 0 Å². The molecule has 4 aromatic rings. The number of anilines is 1. The van der Waals surface area contributed by atoms with E-state index in [1.807, 2.05) is 48.5 Å². The molecule has 5 rings (SSSR count). The third-order valence-corrected chi connectivity index (χ3v) is 7.44. The summed E-state index contributed by atoms with van der Waals surface area (Å²) in [5.41, 5.74) is 2.77. The van der Waals surface area contributed by atoms with Gasteiger partial charge in [-0.2, -0.15) is 0 Å². The fourth-order valence-corrected chi connectivity index (χ4v) is 5.22. The van der Waals surface area contributed by atoms with E-state index in [1.165, 1.54) is 7.11 Å². The number of hydrogen-bond donors (Lipinski definition) is 1. The van der Waals surface area contributed by atoms with Crippen LogP contribution in [0.15, 0.2) is 75.9 Å². The van der Waals surface area contributed by atoms with Gasteiger partial charge in [0.1, 0.15) is 17.3 Å². The molecule has 40 heavy (non-hydrogen) atoms. The summed E-state index contributed by atoms with van der Waals surface area (Å²) in [6, 6.07) is 20.8. The number of ether oxygens (including phenoxy) is 2.